The van der Waals surface area contributed by atoms with Gasteiger partial charge in [-0.15, -0.1) is 11.3 Å². The van der Waals surface area contributed by atoms with Crippen molar-refractivity contribution in [2.24, 2.45) is 10.9 Å². The fourth-order valence-electron chi connectivity index (χ4n) is 2.60. The number of benzene rings is 2. The predicted molar refractivity (Wildman–Crippen MR) is 125 cm³/mol. The molecule has 0 saturated carbocycles. The van der Waals surface area contributed by atoms with Crippen LogP contribution < -0.4 is 9.64 Å². The third-order valence-electron chi connectivity index (χ3n) is 3.79. The molecule has 3 nitrogen and oxygen atoms in total. The summed E-state index contributed by atoms with van der Waals surface area (Å²) in [5.41, 5.74) is 3.11. The van der Waals surface area contributed by atoms with Crippen LogP contribution in [0.5, 0.6) is 5.75 Å². The number of methoxy groups -OCH3 is 1. The van der Waals surface area contributed by atoms with Crippen LogP contribution in [0.25, 0.3) is 10.1 Å². The Bertz CT molecular complexity index is 871. The summed E-state index contributed by atoms with van der Waals surface area (Å²) in [6, 6.07) is 14.3. The van der Waals surface area contributed by atoms with Crippen molar-refractivity contribution in [3.63, 3.8) is 0 Å². The second-order valence-corrected chi connectivity index (χ2v) is 8.04. The molecule has 0 aliphatic heterocycles. The van der Waals surface area contributed by atoms with E-state index in [4.69, 9.17) is 4.74 Å². The number of ether oxygens (including phenoxy) is 1. The summed E-state index contributed by atoms with van der Waals surface area (Å²) >= 11 is 6.27. The van der Waals surface area contributed by atoms with Gasteiger partial charge in [0.2, 0.25) is 0 Å². The highest BCUT2D eigenvalue weighted by molar-refractivity contribution is 7.80. The molecule has 0 atom stereocenters. The first-order chi connectivity index (χ1) is 13.0. The number of fused-ring (bicyclic) bond motifs is 1. The molecule has 0 aliphatic rings. The first-order valence-electron chi connectivity index (χ1n) is 8.95. The second-order valence-electron chi connectivity index (χ2n) is 6.84. The smallest absolute Gasteiger partial charge is 0.121 e. The molecule has 144 valence electrons. The van der Waals surface area contributed by atoms with Gasteiger partial charge in [0.1, 0.15) is 5.75 Å². The largest absolute Gasteiger partial charge is 0.497 e. The van der Waals surface area contributed by atoms with E-state index in [1.807, 2.05) is 18.2 Å². The summed E-state index contributed by atoms with van der Waals surface area (Å²) < 4.78 is 6.57. The highest BCUT2D eigenvalue weighted by Crippen LogP contribution is 2.35. The van der Waals surface area contributed by atoms with Crippen LogP contribution in [-0.4, -0.2) is 19.7 Å². The number of hydrogen-bond donors (Lipinski definition) is 1. The van der Waals surface area contributed by atoms with Crippen LogP contribution in [0.4, 0.5) is 11.4 Å². The van der Waals surface area contributed by atoms with Crippen LogP contribution in [0, 0.1) is 5.92 Å². The lowest BCUT2D eigenvalue weighted by Crippen LogP contribution is -2.20. The molecule has 0 aliphatic carbocycles. The Kier molecular flexibility index (Phi) is 8.20. The van der Waals surface area contributed by atoms with Gasteiger partial charge in [-0.05, 0) is 47.2 Å². The minimum Gasteiger partial charge on any atom is -0.497 e. The van der Waals surface area contributed by atoms with Crippen molar-refractivity contribution in [2.75, 3.05) is 17.9 Å². The molecule has 0 saturated heterocycles. The van der Waals surface area contributed by atoms with Crippen LogP contribution in [0.2, 0.25) is 0 Å². The van der Waals surface area contributed by atoms with Crippen LogP contribution in [0.15, 0.2) is 52.8 Å². The van der Waals surface area contributed by atoms with E-state index in [9.17, 15) is 0 Å². The van der Waals surface area contributed by atoms with Gasteiger partial charge in [-0.2, -0.15) is 12.6 Å². The minimum atomic E-state index is 0.596. The Labute approximate surface area is 172 Å². The molecule has 0 amide bonds. The van der Waals surface area contributed by atoms with E-state index in [1.165, 1.54) is 15.6 Å². The predicted octanol–water partition coefficient (Wildman–Crippen LogP) is 6.80. The Morgan fingerprint density at radius 1 is 1.19 bits per heavy atom. The van der Waals surface area contributed by atoms with Crippen molar-refractivity contribution in [1.29, 1.82) is 0 Å². The Morgan fingerprint density at radius 2 is 1.89 bits per heavy atom. The molecule has 3 rings (SSSR count). The fraction of sp³-hybridized carbons (Fsp3) is 0.318. The number of nitrogens with zero attached hydrogens (tertiary/aromatic N) is 2. The number of anilines is 1. The molecule has 5 heteroatoms. The standard InChI is InChI=1S/C18H18N2OS2.C4H10/c1-19-16-9-14(21-2)7-8-17(16)20(12-22)10-13-11-23-18-6-4-3-5-15(13)18;1-4(2)3/h3-9,11,22H,1,10,12H2,2H3;4H,1-3H3. The van der Waals surface area contributed by atoms with E-state index in [-0.39, 0.29) is 0 Å². The van der Waals surface area contributed by atoms with Crippen LogP contribution >= 0.6 is 24.0 Å². The van der Waals surface area contributed by atoms with Crippen LogP contribution in [-0.2, 0) is 6.54 Å². The van der Waals surface area contributed by atoms with E-state index in [2.05, 4.69) is 79.7 Å². The first-order valence-corrected chi connectivity index (χ1v) is 10.5. The molecule has 0 unspecified atom stereocenters. The normalized spacial score (nSPS) is 10.4. The Hall–Kier alpha value is -1.98. The molecule has 0 fully saturated rings. The van der Waals surface area contributed by atoms with Gasteiger partial charge in [-0.1, -0.05) is 39.0 Å². The maximum Gasteiger partial charge on any atom is 0.121 e. The molecule has 2 aromatic carbocycles. The van der Waals surface area contributed by atoms with Gasteiger partial charge < -0.3 is 9.64 Å². The van der Waals surface area contributed by atoms with E-state index in [0.29, 0.717) is 5.88 Å². The summed E-state index contributed by atoms with van der Waals surface area (Å²) in [7, 11) is 1.65. The van der Waals surface area contributed by atoms with E-state index in [1.54, 1.807) is 18.4 Å². The molecule has 0 spiro atoms. The van der Waals surface area contributed by atoms with Crippen LogP contribution in [0.1, 0.15) is 26.3 Å². The van der Waals surface area contributed by atoms with Crippen molar-refractivity contribution in [1.82, 2.24) is 0 Å². The number of hydrogen-bond acceptors (Lipinski definition) is 5. The van der Waals surface area contributed by atoms with Crippen molar-refractivity contribution in [3.05, 3.63) is 53.4 Å². The van der Waals surface area contributed by atoms with Crippen LogP contribution in [0.3, 0.4) is 0 Å². The molecule has 3 aromatic rings. The average molecular weight is 401 g/mol. The lowest BCUT2D eigenvalue weighted by molar-refractivity contribution is 0.415. The van der Waals surface area contributed by atoms with E-state index >= 15 is 0 Å². The Morgan fingerprint density at radius 3 is 2.52 bits per heavy atom. The SMILES string of the molecule is C=Nc1cc(OC)ccc1N(CS)Cc1csc2ccccc12.CC(C)C. The maximum atomic E-state index is 5.26. The molecular weight excluding hydrogens is 372 g/mol. The zero-order valence-electron chi connectivity index (χ0n) is 16.5. The lowest BCUT2D eigenvalue weighted by atomic mass is 10.1. The molecule has 0 bridgehead atoms. The summed E-state index contributed by atoms with van der Waals surface area (Å²) in [4.78, 5) is 6.32. The summed E-state index contributed by atoms with van der Waals surface area (Å²) in [6.45, 7) is 11.0. The van der Waals surface area contributed by atoms with Gasteiger partial charge in [0.25, 0.3) is 0 Å². The van der Waals surface area contributed by atoms with Crippen molar-refractivity contribution >= 4 is 52.1 Å². The van der Waals surface area contributed by atoms with Gasteiger partial charge in [0, 0.05) is 17.3 Å². The third kappa shape index (κ3) is 5.75. The van der Waals surface area contributed by atoms with E-state index < -0.39 is 0 Å². The van der Waals surface area contributed by atoms with Gasteiger partial charge >= 0.3 is 0 Å². The van der Waals surface area contributed by atoms with Gasteiger partial charge in [-0.25, -0.2) is 0 Å². The van der Waals surface area contributed by atoms with Crippen molar-refractivity contribution < 1.29 is 4.74 Å². The maximum absolute atomic E-state index is 5.26. The van der Waals surface area contributed by atoms with Crippen molar-refractivity contribution in [2.45, 2.75) is 27.3 Å². The number of rotatable bonds is 6. The summed E-state index contributed by atoms with van der Waals surface area (Å²) in [5.74, 6) is 2.20. The quantitative estimate of drug-likeness (QED) is 0.280. The monoisotopic (exact) mass is 400 g/mol. The van der Waals surface area contributed by atoms with Gasteiger partial charge in [-0.3, -0.25) is 4.99 Å². The Balaban J connectivity index is 0.000000596. The van der Waals surface area contributed by atoms with E-state index in [0.717, 1.165) is 29.6 Å². The number of thiol groups is 1. The minimum absolute atomic E-state index is 0.596. The molecule has 0 N–H and O–H groups in total. The third-order valence-corrected chi connectivity index (χ3v) is 5.14. The average Bonchev–Trinajstić information content (AvgIpc) is 3.08. The molecule has 1 heterocycles. The molecular formula is C22H28N2OS2. The second kappa shape index (κ2) is 10.4. The topological polar surface area (TPSA) is 24.8 Å². The fourth-order valence-corrected chi connectivity index (χ4v) is 3.80. The summed E-state index contributed by atoms with van der Waals surface area (Å²) in [5, 5.41) is 3.51. The lowest BCUT2D eigenvalue weighted by Gasteiger charge is -2.24. The van der Waals surface area contributed by atoms with Crippen molar-refractivity contribution in [3.8, 4) is 5.75 Å². The number of aliphatic imine (C=N–C) groups is 1. The highest BCUT2D eigenvalue weighted by Gasteiger charge is 2.13. The first kappa shape index (κ1) is 21.3. The molecule has 0 radical (unpaired) electrons. The highest BCUT2D eigenvalue weighted by atomic mass is 32.1. The van der Waals surface area contributed by atoms with Gasteiger partial charge in [0.15, 0.2) is 0 Å². The molecule has 1 aromatic heterocycles. The zero-order valence-corrected chi connectivity index (χ0v) is 18.2. The van der Waals surface area contributed by atoms with Gasteiger partial charge in [0.05, 0.1) is 24.4 Å². The number of thiophene rings is 1. The molecule has 27 heavy (non-hydrogen) atoms. The zero-order chi connectivity index (χ0) is 19.8. The summed E-state index contributed by atoms with van der Waals surface area (Å²) in [6.07, 6.45) is 0.